The minimum absolute atomic E-state index is 0.0271. The van der Waals surface area contributed by atoms with Gasteiger partial charge in [0.1, 0.15) is 0 Å². The van der Waals surface area contributed by atoms with Gasteiger partial charge in [-0.25, -0.2) is 0 Å². The molecule has 0 aromatic heterocycles. The standard InChI is InChI=1S/C17H19ClN2O/c1-12(14-5-7-16(19)8-6-14)9-17(21)20-11-13-3-2-4-15(18)10-13/h2-8,10,12H,9,11,19H2,1H3,(H,20,21). The molecule has 0 heterocycles. The monoisotopic (exact) mass is 302 g/mol. The Morgan fingerprint density at radius 1 is 1.24 bits per heavy atom. The van der Waals surface area contributed by atoms with Crippen LogP contribution in [0.4, 0.5) is 5.69 Å². The third-order valence-corrected chi connectivity index (χ3v) is 3.61. The number of hydrogen-bond acceptors (Lipinski definition) is 2. The van der Waals surface area contributed by atoms with Gasteiger partial charge in [0.25, 0.3) is 0 Å². The largest absolute Gasteiger partial charge is 0.399 e. The Morgan fingerprint density at radius 2 is 1.95 bits per heavy atom. The van der Waals surface area contributed by atoms with Crippen molar-refractivity contribution in [1.82, 2.24) is 5.32 Å². The molecule has 0 aliphatic rings. The zero-order valence-electron chi connectivity index (χ0n) is 12.0. The molecule has 2 aromatic carbocycles. The van der Waals surface area contributed by atoms with Crippen molar-refractivity contribution in [2.75, 3.05) is 5.73 Å². The summed E-state index contributed by atoms with van der Waals surface area (Å²) < 4.78 is 0. The Bertz CT molecular complexity index is 610. The van der Waals surface area contributed by atoms with Crippen LogP contribution in [0.1, 0.15) is 30.4 Å². The van der Waals surface area contributed by atoms with E-state index in [1.807, 2.05) is 55.5 Å². The number of carbonyl (C=O) groups excluding carboxylic acids is 1. The molecule has 3 N–H and O–H groups in total. The van der Waals surface area contributed by atoms with Gasteiger partial charge < -0.3 is 11.1 Å². The van der Waals surface area contributed by atoms with E-state index in [2.05, 4.69) is 5.32 Å². The Kier molecular flexibility index (Phi) is 5.23. The lowest BCUT2D eigenvalue weighted by Gasteiger charge is -2.12. The maximum absolute atomic E-state index is 12.0. The number of hydrogen-bond donors (Lipinski definition) is 2. The number of amides is 1. The molecule has 0 aliphatic heterocycles. The van der Waals surface area contributed by atoms with Crippen molar-refractivity contribution in [3.63, 3.8) is 0 Å². The van der Waals surface area contributed by atoms with Gasteiger partial charge >= 0.3 is 0 Å². The van der Waals surface area contributed by atoms with Gasteiger partial charge in [0.15, 0.2) is 0 Å². The van der Waals surface area contributed by atoms with Gasteiger partial charge in [-0.2, -0.15) is 0 Å². The van der Waals surface area contributed by atoms with Gasteiger partial charge in [-0.3, -0.25) is 4.79 Å². The third-order valence-electron chi connectivity index (χ3n) is 3.38. The zero-order chi connectivity index (χ0) is 15.2. The Hall–Kier alpha value is -2.00. The first-order valence-electron chi connectivity index (χ1n) is 6.91. The van der Waals surface area contributed by atoms with E-state index >= 15 is 0 Å². The number of anilines is 1. The Morgan fingerprint density at radius 3 is 2.62 bits per heavy atom. The fourth-order valence-electron chi connectivity index (χ4n) is 2.14. The molecule has 3 nitrogen and oxygen atoms in total. The summed E-state index contributed by atoms with van der Waals surface area (Å²) in [5.41, 5.74) is 8.50. The van der Waals surface area contributed by atoms with E-state index in [4.69, 9.17) is 17.3 Å². The molecule has 0 spiro atoms. The molecular weight excluding hydrogens is 284 g/mol. The van der Waals surface area contributed by atoms with Crippen LogP contribution in [-0.2, 0) is 11.3 Å². The van der Waals surface area contributed by atoms with Crippen LogP contribution in [0.3, 0.4) is 0 Å². The fourth-order valence-corrected chi connectivity index (χ4v) is 2.35. The van der Waals surface area contributed by atoms with Crippen LogP contribution in [0.25, 0.3) is 0 Å². The van der Waals surface area contributed by atoms with E-state index in [0.717, 1.165) is 16.8 Å². The highest BCUT2D eigenvalue weighted by Crippen LogP contribution is 2.20. The van der Waals surface area contributed by atoms with E-state index < -0.39 is 0 Å². The molecule has 0 aliphatic carbocycles. The van der Waals surface area contributed by atoms with E-state index in [1.165, 1.54) is 0 Å². The molecule has 0 saturated carbocycles. The average molecular weight is 303 g/mol. The molecule has 1 amide bonds. The summed E-state index contributed by atoms with van der Waals surface area (Å²) in [5.74, 6) is 0.185. The normalized spacial score (nSPS) is 11.9. The molecule has 0 radical (unpaired) electrons. The molecule has 2 rings (SSSR count). The van der Waals surface area contributed by atoms with Crippen LogP contribution in [0.2, 0.25) is 5.02 Å². The lowest BCUT2D eigenvalue weighted by atomic mass is 9.97. The summed E-state index contributed by atoms with van der Waals surface area (Å²) in [6.07, 6.45) is 0.449. The first-order valence-corrected chi connectivity index (χ1v) is 7.29. The Labute approximate surface area is 130 Å². The molecule has 0 saturated heterocycles. The van der Waals surface area contributed by atoms with Crippen molar-refractivity contribution in [2.45, 2.75) is 25.8 Å². The molecule has 21 heavy (non-hydrogen) atoms. The van der Waals surface area contributed by atoms with Crippen molar-refractivity contribution in [3.05, 3.63) is 64.7 Å². The minimum Gasteiger partial charge on any atom is -0.399 e. The summed E-state index contributed by atoms with van der Waals surface area (Å²) in [4.78, 5) is 12.0. The first kappa shape index (κ1) is 15.4. The van der Waals surface area contributed by atoms with E-state index in [9.17, 15) is 4.79 Å². The number of benzene rings is 2. The molecular formula is C17H19ClN2O. The van der Waals surface area contributed by atoms with E-state index in [-0.39, 0.29) is 11.8 Å². The van der Waals surface area contributed by atoms with Crippen molar-refractivity contribution < 1.29 is 4.79 Å². The summed E-state index contributed by atoms with van der Waals surface area (Å²) in [7, 11) is 0. The predicted molar refractivity (Wildman–Crippen MR) is 87.2 cm³/mol. The van der Waals surface area contributed by atoms with Gasteiger partial charge in [-0.1, -0.05) is 42.8 Å². The lowest BCUT2D eigenvalue weighted by Crippen LogP contribution is -2.24. The van der Waals surface area contributed by atoms with Gasteiger partial charge in [0, 0.05) is 23.7 Å². The third kappa shape index (κ3) is 4.80. The number of rotatable bonds is 5. The highest BCUT2D eigenvalue weighted by Gasteiger charge is 2.11. The smallest absolute Gasteiger partial charge is 0.220 e. The number of carbonyl (C=O) groups is 1. The highest BCUT2D eigenvalue weighted by atomic mass is 35.5. The SMILES string of the molecule is CC(CC(=O)NCc1cccc(Cl)c1)c1ccc(N)cc1. The van der Waals surface area contributed by atoms with Crippen LogP contribution in [0.15, 0.2) is 48.5 Å². The number of nitrogen functional groups attached to an aromatic ring is 1. The molecule has 0 bridgehead atoms. The molecule has 110 valence electrons. The van der Waals surface area contributed by atoms with Gasteiger partial charge in [-0.05, 0) is 41.3 Å². The minimum atomic E-state index is 0.0271. The Balaban J connectivity index is 1.85. The maximum Gasteiger partial charge on any atom is 0.220 e. The molecule has 4 heteroatoms. The molecule has 2 aromatic rings. The van der Waals surface area contributed by atoms with Crippen molar-refractivity contribution in [1.29, 1.82) is 0 Å². The second-order valence-electron chi connectivity index (χ2n) is 5.18. The summed E-state index contributed by atoms with van der Waals surface area (Å²) in [6, 6.07) is 15.1. The topological polar surface area (TPSA) is 55.1 Å². The summed E-state index contributed by atoms with van der Waals surface area (Å²) >= 11 is 5.91. The van der Waals surface area contributed by atoms with Crippen molar-refractivity contribution in [2.24, 2.45) is 0 Å². The fraction of sp³-hybridized carbons (Fsp3) is 0.235. The van der Waals surface area contributed by atoms with Crippen molar-refractivity contribution in [3.8, 4) is 0 Å². The first-order chi connectivity index (χ1) is 10.0. The number of nitrogens with two attached hydrogens (primary N) is 1. The van der Waals surface area contributed by atoms with Crippen molar-refractivity contribution >= 4 is 23.2 Å². The molecule has 1 atom stereocenters. The zero-order valence-corrected chi connectivity index (χ0v) is 12.7. The van der Waals surface area contributed by atoms with Gasteiger partial charge in [0.05, 0.1) is 0 Å². The second-order valence-corrected chi connectivity index (χ2v) is 5.61. The summed E-state index contributed by atoms with van der Waals surface area (Å²) in [5, 5.41) is 3.59. The lowest BCUT2D eigenvalue weighted by molar-refractivity contribution is -0.121. The summed E-state index contributed by atoms with van der Waals surface area (Å²) in [6.45, 7) is 2.53. The van der Waals surface area contributed by atoms with Gasteiger partial charge in [-0.15, -0.1) is 0 Å². The number of halogens is 1. The van der Waals surface area contributed by atoms with Crippen LogP contribution in [0, 0.1) is 0 Å². The maximum atomic E-state index is 12.0. The predicted octanol–water partition coefficient (Wildman–Crippen LogP) is 3.73. The molecule has 1 unspecified atom stereocenters. The van der Waals surface area contributed by atoms with Crippen LogP contribution >= 0.6 is 11.6 Å². The van der Waals surface area contributed by atoms with Crippen LogP contribution in [-0.4, -0.2) is 5.91 Å². The average Bonchev–Trinajstić information content (AvgIpc) is 2.46. The van der Waals surface area contributed by atoms with E-state index in [1.54, 1.807) is 0 Å². The van der Waals surface area contributed by atoms with Gasteiger partial charge in [0.2, 0.25) is 5.91 Å². The second kappa shape index (κ2) is 7.14. The molecule has 0 fully saturated rings. The van der Waals surface area contributed by atoms with Crippen LogP contribution in [0.5, 0.6) is 0 Å². The number of nitrogens with one attached hydrogen (secondary N) is 1. The van der Waals surface area contributed by atoms with Crippen LogP contribution < -0.4 is 11.1 Å². The highest BCUT2D eigenvalue weighted by molar-refractivity contribution is 6.30. The quantitative estimate of drug-likeness (QED) is 0.827. The van der Waals surface area contributed by atoms with E-state index in [0.29, 0.717) is 18.0 Å².